The van der Waals surface area contributed by atoms with Gasteiger partial charge in [0, 0.05) is 38.4 Å². The predicted molar refractivity (Wildman–Crippen MR) is 67.7 cm³/mol. The van der Waals surface area contributed by atoms with Gasteiger partial charge in [-0.1, -0.05) is 0 Å². The highest BCUT2D eigenvalue weighted by Crippen LogP contribution is 2.17. The Bertz CT molecular complexity index is 471. The van der Waals surface area contributed by atoms with E-state index in [1.54, 1.807) is 10.9 Å². The van der Waals surface area contributed by atoms with E-state index in [1.165, 1.54) is 4.90 Å². The summed E-state index contributed by atoms with van der Waals surface area (Å²) in [6.07, 6.45) is 3.66. The number of carboxylic acids is 1. The number of rotatable bonds is 4. The largest absolute Gasteiger partial charge is 0.480 e. The smallest absolute Gasteiger partial charge is 0.326 e. The maximum Gasteiger partial charge on any atom is 0.326 e. The van der Waals surface area contributed by atoms with Gasteiger partial charge in [-0.2, -0.15) is 5.10 Å². The van der Waals surface area contributed by atoms with Crippen molar-refractivity contribution in [2.45, 2.75) is 25.3 Å². The van der Waals surface area contributed by atoms with Crippen molar-refractivity contribution in [3.63, 3.8) is 0 Å². The second-order valence-corrected chi connectivity index (χ2v) is 4.62. The van der Waals surface area contributed by atoms with Crippen LogP contribution in [0, 0.1) is 0 Å². The summed E-state index contributed by atoms with van der Waals surface area (Å²) in [5.41, 5.74) is 1.02. The lowest BCUT2D eigenvalue weighted by molar-refractivity contribution is -0.141. The van der Waals surface area contributed by atoms with E-state index in [-0.39, 0.29) is 6.03 Å². The molecule has 0 aromatic carbocycles. The third-order valence-electron chi connectivity index (χ3n) is 3.38. The maximum atomic E-state index is 11.9. The van der Waals surface area contributed by atoms with E-state index in [0.29, 0.717) is 25.9 Å². The lowest BCUT2D eigenvalue weighted by Crippen LogP contribution is -2.46. The third-order valence-corrected chi connectivity index (χ3v) is 3.38. The van der Waals surface area contributed by atoms with Gasteiger partial charge in [0.2, 0.25) is 0 Å². The van der Waals surface area contributed by atoms with E-state index < -0.39 is 12.0 Å². The monoisotopic (exact) mass is 266 g/mol. The molecule has 2 amide bonds. The molecule has 7 nitrogen and oxygen atoms in total. The summed E-state index contributed by atoms with van der Waals surface area (Å²) in [7, 11) is 1.85. The number of urea groups is 1. The van der Waals surface area contributed by atoms with Gasteiger partial charge in [-0.3, -0.25) is 4.68 Å². The quantitative estimate of drug-likeness (QED) is 0.816. The first kappa shape index (κ1) is 13.4. The van der Waals surface area contributed by atoms with Crippen LogP contribution in [0.25, 0.3) is 0 Å². The minimum atomic E-state index is -0.931. The predicted octanol–water partition coefficient (Wildman–Crippen LogP) is 0.221. The molecule has 1 aliphatic rings. The molecule has 1 unspecified atom stereocenters. The van der Waals surface area contributed by atoms with Crippen LogP contribution in [0.1, 0.15) is 18.5 Å². The van der Waals surface area contributed by atoms with Gasteiger partial charge in [0.1, 0.15) is 6.04 Å². The topological polar surface area (TPSA) is 87.5 Å². The van der Waals surface area contributed by atoms with E-state index in [0.717, 1.165) is 12.1 Å². The van der Waals surface area contributed by atoms with Gasteiger partial charge in [-0.25, -0.2) is 9.59 Å². The Balaban J connectivity index is 1.81. The maximum absolute atomic E-state index is 11.9. The Kier molecular flexibility index (Phi) is 4.03. The van der Waals surface area contributed by atoms with Crippen LogP contribution in [0.5, 0.6) is 0 Å². The summed E-state index contributed by atoms with van der Waals surface area (Å²) in [5, 5.41) is 15.8. The second-order valence-electron chi connectivity index (χ2n) is 4.62. The van der Waals surface area contributed by atoms with E-state index in [4.69, 9.17) is 5.11 Å². The average Bonchev–Trinajstić information content (AvgIpc) is 2.98. The molecule has 0 aliphatic carbocycles. The van der Waals surface area contributed by atoms with Crippen molar-refractivity contribution in [2.24, 2.45) is 7.05 Å². The molecule has 0 spiro atoms. The van der Waals surface area contributed by atoms with Gasteiger partial charge < -0.3 is 15.3 Å². The van der Waals surface area contributed by atoms with Gasteiger partial charge >= 0.3 is 12.0 Å². The zero-order chi connectivity index (χ0) is 13.8. The molecule has 1 fully saturated rings. The number of nitrogens with zero attached hydrogens (tertiary/aromatic N) is 3. The van der Waals surface area contributed by atoms with E-state index >= 15 is 0 Å². The SMILES string of the molecule is Cn1nccc1CCNC(=O)N1CCCC1C(=O)O. The first-order valence-electron chi connectivity index (χ1n) is 6.33. The minimum Gasteiger partial charge on any atom is -0.480 e. The van der Waals surface area contributed by atoms with Crippen LogP contribution in [0.15, 0.2) is 12.3 Å². The van der Waals surface area contributed by atoms with Crippen LogP contribution >= 0.6 is 0 Å². The fraction of sp³-hybridized carbons (Fsp3) is 0.583. The van der Waals surface area contributed by atoms with Crippen molar-refractivity contribution in [1.29, 1.82) is 0 Å². The van der Waals surface area contributed by atoms with Crippen LogP contribution in [-0.4, -0.2) is 50.9 Å². The second kappa shape index (κ2) is 5.73. The molecule has 0 bridgehead atoms. The molecule has 2 rings (SSSR count). The number of likely N-dealkylation sites (tertiary alicyclic amines) is 1. The van der Waals surface area contributed by atoms with E-state index in [2.05, 4.69) is 10.4 Å². The van der Waals surface area contributed by atoms with Crippen molar-refractivity contribution in [3.05, 3.63) is 18.0 Å². The fourth-order valence-electron chi connectivity index (χ4n) is 2.31. The number of hydrogen-bond donors (Lipinski definition) is 2. The Morgan fingerprint density at radius 2 is 2.37 bits per heavy atom. The standard InChI is InChI=1S/C12H18N4O3/c1-15-9(5-7-14-15)4-6-13-12(19)16-8-2-3-10(16)11(17)18/h5,7,10H,2-4,6,8H2,1H3,(H,13,19)(H,17,18). The van der Waals surface area contributed by atoms with Crippen molar-refractivity contribution >= 4 is 12.0 Å². The number of hydrogen-bond acceptors (Lipinski definition) is 3. The lowest BCUT2D eigenvalue weighted by atomic mass is 10.2. The highest BCUT2D eigenvalue weighted by atomic mass is 16.4. The van der Waals surface area contributed by atoms with Crippen LogP contribution < -0.4 is 5.32 Å². The molecular weight excluding hydrogens is 248 g/mol. The summed E-state index contributed by atoms with van der Waals surface area (Å²) in [4.78, 5) is 24.3. The van der Waals surface area contributed by atoms with Crippen molar-refractivity contribution in [1.82, 2.24) is 20.0 Å². The summed E-state index contributed by atoms with van der Waals surface area (Å²) in [6.45, 7) is 0.982. The summed E-state index contributed by atoms with van der Waals surface area (Å²) >= 11 is 0. The number of aryl methyl sites for hydroxylation is 1. The van der Waals surface area contributed by atoms with Gasteiger partial charge in [-0.15, -0.1) is 0 Å². The Morgan fingerprint density at radius 1 is 1.58 bits per heavy atom. The molecule has 1 aliphatic heterocycles. The number of aromatic nitrogens is 2. The van der Waals surface area contributed by atoms with Gasteiger partial charge in [0.25, 0.3) is 0 Å². The molecule has 0 radical (unpaired) electrons. The summed E-state index contributed by atoms with van der Waals surface area (Å²) < 4.78 is 1.75. The molecule has 0 saturated carbocycles. The molecule has 1 atom stereocenters. The Morgan fingerprint density at radius 3 is 3.00 bits per heavy atom. The normalized spacial score (nSPS) is 18.6. The molecule has 19 heavy (non-hydrogen) atoms. The molecule has 104 valence electrons. The summed E-state index contributed by atoms with van der Waals surface area (Å²) in [5.74, 6) is -0.931. The molecule has 1 saturated heterocycles. The van der Waals surface area contributed by atoms with Gasteiger partial charge in [0.15, 0.2) is 0 Å². The fourth-order valence-corrected chi connectivity index (χ4v) is 2.31. The van der Waals surface area contributed by atoms with Crippen LogP contribution in [-0.2, 0) is 18.3 Å². The van der Waals surface area contributed by atoms with Crippen LogP contribution in [0.2, 0.25) is 0 Å². The Hall–Kier alpha value is -2.05. The molecule has 7 heteroatoms. The number of carboxylic acid groups (broad SMARTS) is 1. The van der Waals surface area contributed by atoms with Gasteiger partial charge in [0.05, 0.1) is 0 Å². The number of nitrogens with one attached hydrogen (secondary N) is 1. The number of aliphatic carboxylic acids is 1. The van der Waals surface area contributed by atoms with Crippen molar-refractivity contribution in [2.75, 3.05) is 13.1 Å². The highest BCUT2D eigenvalue weighted by Gasteiger charge is 2.33. The van der Waals surface area contributed by atoms with Crippen molar-refractivity contribution < 1.29 is 14.7 Å². The first-order chi connectivity index (χ1) is 9.09. The Labute approximate surface area is 111 Å². The minimum absolute atomic E-state index is 0.299. The lowest BCUT2D eigenvalue weighted by Gasteiger charge is -2.21. The number of amides is 2. The molecule has 2 heterocycles. The zero-order valence-corrected chi connectivity index (χ0v) is 10.9. The van der Waals surface area contributed by atoms with Crippen molar-refractivity contribution in [3.8, 4) is 0 Å². The van der Waals surface area contributed by atoms with Gasteiger partial charge in [-0.05, 0) is 18.9 Å². The first-order valence-corrected chi connectivity index (χ1v) is 6.33. The van der Waals surface area contributed by atoms with Crippen LogP contribution in [0.4, 0.5) is 4.79 Å². The van der Waals surface area contributed by atoms with E-state index in [1.807, 2.05) is 13.1 Å². The average molecular weight is 266 g/mol. The number of carbonyl (C=O) groups is 2. The van der Waals surface area contributed by atoms with E-state index in [9.17, 15) is 9.59 Å². The highest BCUT2D eigenvalue weighted by molar-refractivity contribution is 5.83. The molecule has 1 aromatic heterocycles. The molecule has 2 N–H and O–H groups in total. The van der Waals surface area contributed by atoms with Crippen LogP contribution in [0.3, 0.4) is 0 Å². The molecular formula is C12H18N4O3. The number of carbonyl (C=O) groups excluding carboxylic acids is 1. The zero-order valence-electron chi connectivity index (χ0n) is 10.9. The molecule has 1 aromatic rings. The third kappa shape index (κ3) is 3.04. The summed E-state index contributed by atoms with van der Waals surface area (Å²) in [6, 6.07) is 0.908.